The minimum Gasteiger partial charge on any atom is -0.314 e. The number of hydrogen-bond donors (Lipinski definition) is 0. The molecule has 0 fully saturated rings. The summed E-state index contributed by atoms with van der Waals surface area (Å²) >= 11 is 0. The van der Waals surface area contributed by atoms with Crippen LogP contribution in [0.3, 0.4) is 0 Å². The van der Waals surface area contributed by atoms with Crippen LogP contribution in [0.4, 0.5) is 0 Å². The molecule has 0 saturated carbocycles. The normalized spacial score (nSPS) is 14.1. The zero-order valence-electron chi connectivity index (χ0n) is 11.6. The number of hydrogen-bond acceptors (Lipinski definition) is 3. The summed E-state index contributed by atoms with van der Waals surface area (Å²) in [6, 6.07) is 0. The summed E-state index contributed by atoms with van der Waals surface area (Å²) in [5.41, 5.74) is 0.900. The molecule has 0 saturated heterocycles. The zero-order chi connectivity index (χ0) is 13.1. The molecule has 0 aromatic heterocycles. The van der Waals surface area contributed by atoms with Crippen molar-refractivity contribution in [2.24, 2.45) is 0 Å². The second kappa shape index (κ2) is 5.64. The van der Waals surface area contributed by atoms with Gasteiger partial charge < -0.3 is 3.87 Å². The van der Waals surface area contributed by atoms with Crippen molar-refractivity contribution < 1.29 is 12.3 Å². The first-order chi connectivity index (χ1) is 7.10. The summed E-state index contributed by atoms with van der Waals surface area (Å²) in [6.45, 7) is 14.1. The second-order valence-corrected chi connectivity index (χ2v) is 12.8. The molecule has 0 aliphatic carbocycles. The molecule has 0 aromatic rings. The predicted octanol–water partition coefficient (Wildman–Crippen LogP) is 3.53. The van der Waals surface area contributed by atoms with Gasteiger partial charge in [-0.1, -0.05) is 41.5 Å². The predicted molar refractivity (Wildman–Crippen MR) is 71.6 cm³/mol. The molecule has 0 N–H and O–H groups in total. The van der Waals surface area contributed by atoms with E-state index in [2.05, 4.69) is 41.5 Å². The van der Waals surface area contributed by atoms with E-state index in [0.29, 0.717) is 16.6 Å². The van der Waals surface area contributed by atoms with Crippen LogP contribution in [-0.2, 0) is 14.0 Å². The molecule has 98 valence electrons. The molecule has 0 amide bonds. The van der Waals surface area contributed by atoms with E-state index in [0.717, 1.165) is 0 Å². The van der Waals surface area contributed by atoms with Gasteiger partial charge in [-0.25, -0.2) is 8.42 Å². The van der Waals surface area contributed by atoms with Crippen LogP contribution < -0.4 is 0 Å². The van der Waals surface area contributed by atoms with Gasteiger partial charge in [0.15, 0.2) is 0 Å². The Morgan fingerprint density at radius 3 is 1.44 bits per heavy atom. The molecule has 3 nitrogen and oxygen atoms in total. The molecule has 0 unspecified atom stereocenters. The molecule has 5 heteroatoms. The average molecular weight is 266 g/mol. The Hall–Kier alpha value is 0.127. The maximum atomic E-state index is 11.7. The largest absolute Gasteiger partial charge is 0.314 e. The summed E-state index contributed by atoms with van der Waals surface area (Å²) in [5, 5.41) is 0. The van der Waals surface area contributed by atoms with E-state index in [-0.39, 0.29) is 5.75 Å². The fraction of sp³-hybridized carbons (Fsp3) is 1.00. The first-order valence-electron chi connectivity index (χ1n) is 6.03. The molecule has 0 bridgehead atoms. The van der Waals surface area contributed by atoms with Crippen LogP contribution in [-0.4, -0.2) is 22.5 Å². The van der Waals surface area contributed by atoms with Crippen LogP contribution in [0.25, 0.3) is 0 Å². The lowest BCUT2D eigenvalue weighted by molar-refractivity contribution is 0.449. The van der Waals surface area contributed by atoms with E-state index >= 15 is 0 Å². The monoisotopic (exact) mass is 266 g/mol. The maximum Gasteiger partial charge on any atom is 0.257 e. The Bertz CT molecular complexity index is 285. The van der Waals surface area contributed by atoms with Gasteiger partial charge in [0.25, 0.3) is 10.1 Å². The third kappa shape index (κ3) is 3.31. The van der Waals surface area contributed by atoms with E-state index in [9.17, 15) is 8.42 Å². The molecule has 16 heavy (non-hydrogen) atoms. The lowest BCUT2D eigenvalue weighted by Crippen LogP contribution is -2.49. The molecule has 0 rings (SSSR count). The Morgan fingerprint density at radius 2 is 1.25 bits per heavy atom. The van der Waals surface area contributed by atoms with E-state index in [1.54, 1.807) is 6.92 Å². The molecule has 0 spiro atoms. The first-order valence-corrected chi connectivity index (χ1v) is 9.75. The van der Waals surface area contributed by atoms with Crippen molar-refractivity contribution in [2.75, 3.05) is 5.75 Å². The van der Waals surface area contributed by atoms with Crippen molar-refractivity contribution in [1.29, 1.82) is 0 Å². The van der Waals surface area contributed by atoms with Crippen LogP contribution in [0, 0.1) is 0 Å². The van der Waals surface area contributed by atoms with Gasteiger partial charge in [-0.05, 0) is 23.5 Å². The van der Waals surface area contributed by atoms with Crippen molar-refractivity contribution in [1.82, 2.24) is 0 Å². The van der Waals surface area contributed by atoms with Crippen LogP contribution >= 0.6 is 0 Å². The van der Waals surface area contributed by atoms with Gasteiger partial charge in [-0.3, -0.25) is 0 Å². The highest BCUT2D eigenvalue weighted by atomic mass is 32.2. The van der Waals surface area contributed by atoms with Gasteiger partial charge in [0.1, 0.15) is 0 Å². The highest BCUT2D eigenvalue weighted by Gasteiger charge is 2.48. The smallest absolute Gasteiger partial charge is 0.257 e. The van der Waals surface area contributed by atoms with Crippen LogP contribution in [0.15, 0.2) is 0 Å². The van der Waals surface area contributed by atoms with Crippen molar-refractivity contribution in [2.45, 2.75) is 65.1 Å². The minimum atomic E-state index is -3.35. The summed E-state index contributed by atoms with van der Waals surface area (Å²) in [5.74, 6) is 0.0634. The fourth-order valence-electron chi connectivity index (χ4n) is 2.57. The third-order valence-electron chi connectivity index (χ3n) is 3.33. The SMILES string of the molecule is CCS(=O)(=O)O[Si](C(C)C)(C(C)C)C(C)C. The van der Waals surface area contributed by atoms with E-state index in [1.165, 1.54) is 0 Å². The highest BCUT2D eigenvalue weighted by molar-refractivity contribution is 7.87. The number of rotatable bonds is 6. The van der Waals surface area contributed by atoms with Gasteiger partial charge in [0, 0.05) is 0 Å². The lowest BCUT2D eigenvalue weighted by atomic mass is 10.5. The summed E-state index contributed by atoms with van der Waals surface area (Å²) in [6.07, 6.45) is 0. The van der Waals surface area contributed by atoms with Crippen molar-refractivity contribution in [3.05, 3.63) is 0 Å². The Kier molecular flexibility index (Phi) is 5.69. The molecular weight excluding hydrogens is 240 g/mol. The Balaban J connectivity index is 5.39. The Morgan fingerprint density at radius 1 is 0.938 bits per heavy atom. The molecule has 0 radical (unpaired) electrons. The third-order valence-corrected chi connectivity index (χ3v) is 11.6. The van der Waals surface area contributed by atoms with Gasteiger partial charge in [0.05, 0.1) is 5.75 Å². The zero-order valence-corrected chi connectivity index (χ0v) is 13.4. The summed E-state index contributed by atoms with van der Waals surface area (Å²) in [4.78, 5) is 0. The van der Waals surface area contributed by atoms with Crippen molar-refractivity contribution >= 4 is 18.4 Å². The molecule has 0 aromatic carbocycles. The van der Waals surface area contributed by atoms with E-state index in [1.807, 2.05) is 0 Å². The van der Waals surface area contributed by atoms with Crippen LogP contribution in [0.5, 0.6) is 0 Å². The first kappa shape index (κ1) is 16.1. The van der Waals surface area contributed by atoms with Gasteiger partial charge in [-0.2, -0.15) is 0 Å². The van der Waals surface area contributed by atoms with Crippen molar-refractivity contribution in [3.63, 3.8) is 0 Å². The quantitative estimate of drug-likeness (QED) is 0.691. The Labute approximate surface area is 102 Å². The highest BCUT2D eigenvalue weighted by Crippen LogP contribution is 2.43. The van der Waals surface area contributed by atoms with Crippen LogP contribution in [0.1, 0.15) is 48.5 Å². The van der Waals surface area contributed by atoms with Gasteiger partial charge in [0.2, 0.25) is 8.32 Å². The second-order valence-electron chi connectivity index (χ2n) is 5.25. The topological polar surface area (TPSA) is 43.4 Å². The van der Waals surface area contributed by atoms with E-state index in [4.69, 9.17) is 3.87 Å². The maximum absolute atomic E-state index is 11.7. The fourth-order valence-corrected chi connectivity index (χ4v) is 11.1. The summed E-state index contributed by atoms with van der Waals surface area (Å²) in [7, 11) is -5.62. The molecule has 0 aliphatic heterocycles. The molecule has 0 heterocycles. The molecular formula is C11H26O3SSi. The molecule has 0 atom stereocenters. The lowest BCUT2D eigenvalue weighted by Gasteiger charge is -2.40. The van der Waals surface area contributed by atoms with Gasteiger partial charge >= 0.3 is 0 Å². The minimum absolute atomic E-state index is 0.0634. The average Bonchev–Trinajstić information content (AvgIpc) is 2.12. The summed E-state index contributed by atoms with van der Waals surface area (Å²) < 4.78 is 29.2. The molecule has 0 aliphatic rings. The van der Waals surface area contributed by atoms with Gasteiger partial charge in [-0.15, -0.1) is 0 Å². The van der Waals surface area contributed by atoms with Crippen LogP contribution in [0.2, 0.25) is 16.6 Å². The van der Waals surface area contributed by atoms with Crippen molar-refractivity contribution in [3.8, 4) is 0 Å². The van der Waals surface area contributed by atoms with E-state index < -0.39 is 18.4 Å². The standard InChI is InChI=1S/C11H26O3SSi/c1-8-15(12,13)14-16(9(2)3,10(4)5)11(6)7/h9-11H,8H2,1-7H3.